The molecule has 0 aliphatic carbocycles. The summed E-state index contributed by atoms with van der Waals surface area (Å²) in [7, 11) is 2.15. The van der Waals surface area contributed by atoms with Gasteiger partial charge in [0.1, 0.15) is 0 Å². The molecule has 0 aromatic heterocycles. The Morgan fingerprint density at radius 1 is 0.952 bits per heavy atom. The van der Waals surface area contributed by atoms with Crippen LogP contribution in [0.2, 0.25) is 0 Å². The van der Waals surface area contributed by atoms with E-state index in [9.17, 15) is 13.0 Å². The molecule has 0 fully saturated rings. The summed E-state index contributed by atoms with van der Waals surface area (Å²) in [5.74, 6) is -0.493. The molecule has 0 radical (unpaired) electrons. The Labute approximate surface area is 128 Å². The summed E-state index contributed by atoms with van der Waals surface area (Å²) >= 11 is 0. The van der Waals surface area contributed by atoms with Crippen LogP contribution in [0.4, 0.5) is 0 Å². The summed E-state index contributed by atoms with van der Waals surface area (Å²) in [5.41, 5.74) is 0. The summed E-state index contributed by atoms with van der Waals surface area (Å²) in [6.45, 7) is 1.68. The lowest BCUT2D eigenvalue weighted by atomic mass is 10.4. The number of hydrogen-bond donors (Lipinski definition) is 3. The molecule has 0 rings (SSSR count). The van der Waals surface area contributed by atoms with Crippen LogP contribution in [0.5, 0.6) is 0 Å². The van der Waals surface area contributed by atoms with E-state index in [1.54, 1.807) is 0 Å². The highest BCUT2D eigenvalue weighted by Gasteiger charge is 2.05. The lowest BCUT2D eigenvalue weighted by molar-refractivity contribution is -0.870. The molecule has 0 aliphatic heterocycles. The van der Waals surface area contributed by atoms with Gasteiger partial charge in [0.25, 0.3) is 0 Å². The smallest absolute Gasteiger partial charge is 0.0958 e. The van der Waals surface area contributed by atoms with Crippen LogP contribution in [0.1, 0.15) is 6.42 Å². The molecule has 0 atom stereocenters. The molecule has 0 amide bonds. The van der Waals surface area contributed by atoms with Crippen molar-refractivity contribution in [3.8, 4) is 0 Å². The molecule has 0 saturated carbocycles. The quantitative estimate of drug-likeness (QED) is 0.310. The topological polar surface area (TPSA) is 121 Å². The maximum Gasteiger partial charge on any atom is 0.0958 e. The van der Waals surface area contributed by atoms with Gasteiger partial charge in [-0.15, -0.1) is 0 Å². The molecule has 0 bridgehead atoms. The maximum absolute atomic E-state index is 10.2. The Morgan fingerprint density at radius 3 is 1.67 bits per heavy atom. The second kappa shape index (κ2) is 12.3. The first-order valence-electron chi connectivity index (χ1n) is 6.84. The Balaban J connectivity index is 0. The number of rotatable bonds is 10. The van der Waals surface area contributed by atoms with Gasteiger partial charge in [-0.2, -0.15) is 0 Å². The Morgan fingerprint density at radius 2 is 1.43 bits per heavy atom. The highest BCUT2D eigenvalue weighted by atomic mass is 32.2. The van der Waals surface area contributed by atoms with Crippen molar-refractivity contribution in [2.24, 2.45) is 0 Å². The fraction of sp³-hybridized carbons (Fsp3) is 1.00. The minimum Gasteiger partial charge on any atom is -0.748 e. The third-order valence-electron chi connectivity index (χ3n) is 2.48. The van der Waals surface area contributed by atoms with Crippen LogP contribution < -0.4 is 0 Å². The summed E-state index contributed by atoms with van der Waals surface area (Å²) in [6.07, 6.45) is 0.906. The van der Waals surface area contributed by atoms with E-state index in [2.05, 4.69) is 21.1 Å². The molecule has 3 N–H and O–H groups in total. The van der Waals surface area contributed by atoms with E-state index in [1.165, 1.54) is 4.90 Å². The Hall–Kier alpha value is -0.290. The Kier molecular flexibility index (Phi) is 13.4. The van der Waals surface area contributed by atoms with Crippen LogP contribution in [0.15, 0.2) is 0 Å². The van der Waals surface area contributed by atoms with Gasteiger partial charge in [-0.25, -0.2) is 8.42 Å². The molecule has 0 aromatic carbocycles. The normalized spacial score (nSPS) is 12.2. The zero-order valence-electron chi connectivity index (χ0n) is 13.2. The molecular formula is C12H30N2O6S. The largest absolute Gasteiger partial charge is 0.748 e. The van der Waals surface area contributed by atoms with Gasteiger partial charge in [0.2, 0.25) is 0 Å². The average molecular weight is 330 g/mol. The van der Waals surface area contributed by atoms with Crippen molar-refractivity contribution >= 4 is 10.1 Å². The van der Waals surface area contributed by atoms with Crippen molar-refractivity contribution in [2.45, 2.75) is 6.42 Å². The average Bonchev–Trinajstić information content (AvgIpc) is 2.33. The lowest BCUT2D eigenvalue weighted by Gasteiger charge is -2.22. The van der Waals surface area contributed by atoms with E-state index < -0.39 is 15.9 Å². The highest BCUT2D eigenvalue weighted by Crippen LogP contribution is 1.91. The predicted octanol–water partition coefficient (Wildman–Crippen LogP) is -2.11. The number of aliphatic hydroxyl groups excluding tert-OH is 3. The molecule has 0 spiro atoms. The molecule has 0 saturated heterocycles. The van der Waals surface area contributed by atoms with E-state index >= 15 is 0 Å². The predicted molar refractivity (Wildman–Crippen MR) is 79.8 cm³/mol. The molecule has 8 nitrogen and oxygen atoms in total. The molecule has 0 aliphatic rings. The summed E-state index contributed by atoms with van der Waals surface area (Å²) < 4.78 is 31.7. The summed E-state index contributed by atoms with van der Waals surface area (Å²) in [6, 6.07) is 0. The zero-order valence-corrected chi connectivity index (χ0v) is 14.0. The highest BCUT2D eigenvalue weighted by molar-refractivity contribution is 7.85. The van der Waals surface area contributed by atoms with Crippen molar-refractivity contribution in [3.05, 3.63) is 0 Å². The van der Waals surface area contributed by atoms with Crippen molar-refractivity contribution < 1.29 is 32.8 Å². The monoisotopic (exact) mass is 330 g/mol. The van der Waals surface area contributed by atoms with Crippen molar-refractivity contribution in [3.63, 3.8) is 0 Å². The van der Waals surface area contributed by atoms with Crippen molar-refractivity contribution in [2.75, 3.05) is 72.9 Å². The van der Waals surface area contributed by atoms with Crippen LogP contribution in [-0.2, 0) is 10.1 Å². The molecule has 0 heterocycles. The lowest BCUT2D eigenvalue weighted by Crippen LogP contribution is -2.35. The second-order valence-electron chi connectivity index (χ2n) is 5.64. The third-order valence-corrected chi connectivity index (χ3v) is 3.16. The molecule has 21 heavy (non-hydrogen) atoms. The first-order valence-corrected chi connectivity index (χ1v) is 8.42. The number of hydrogen-bond acceptors (Lipinski definition) is 7. The van der Waals surface area contributed by atoms with E-state index in [-0.39, 0.29) is 32.8 Å². The van der Waals surface area contributed by atoms with Crippen LogP contribution in [0.25, 0.3) is 0 Å². The number of aliphatic hydroxyl groups is 3. The zero-order chi connectivity index (χ0) is 16.9. The fourth-order valence-electron chi connectivity index (χ4n) is 1.40. The third kappa shape index (κ3) is 22.1. The van der Waals surface area contributed by atoms with Gasteiger partial charge in [0.15, 0.2) is 0 Å². The van der Waals surface area contributed by atoms with E-state index in [4.69, 9.17) is 15.3 Å². The summed E-state index contributed by atoms with van der Waals surface area (Å²) in [4.78, 5) is 1.51. The fourth-order valence-corrected chi connectivity index (χ4v) is 1.89. The van der Waals surface area contributed by atoms with Gasteiger partial charge in [0.05, 0.1) is 56.8 Å². The molecular weight excluding hydrogens is 300 g/mol. The Bertz CT molecular complexity index is 323. The molecule has 9 heteroatoms. The van der Waals surface area contributed by atoms with Gasteiger partial charge < -0.3 is 24.4 Å². The molecule has 130 valence electrons. The van der Waals surface area contributed by atoms with Gasteiger partial charge >= 0.3 is 0 Å². The van der Waals surface area contributed by atoms with E-state index in [0.29, 0.717) is 6.61 Å². The van der Waals surface area contributed by atoms with Crippen LogP contribution in [0.3, 0.4) is 0 Å². The maximum atomic E-state index is 10.2. The first-order chi connectivity index (χ1) is 9.55. The number of quaternary nitrogens is 1. The van der Waals surface area contributed by atoms with Crippen LogP contribution >= 0.6 is 0 Å². The minimum absolute atomic E-state index is 0.0486. The minimum atomic E-state index is -4.21. The van der Waals surface area contributed by atoms with Gasteiger partial charge in [0, 0.05) is 32.7 Å². The van der Waals surface area contributed by atoms with Crippen molar-refractivity contribution in [1.29, 1.82) is 0 Å². The van der Waals surface area contributed by atoms with Gasteiger partial charge in [-0.3, -0.25) is 4.90 Å². The van der Waals surface area contributed by atoms with Crippen LogP contribution in [-0.4, -0.2) is 111 Å². The van der Waals surface area contributed by atoms with Gasteiger partial charge in [-0.05, 0) is 0 Å². The molecule has 0 aromatic rings. The standard InChI is InChI=1S/C6H15NO5S.C6H16NO/c8-4-1-7(2-5-9)3-6-13(10,11)12;1-7(2,3)5-4-6-8/h8-9H,1-6H2,(H,10,11,12);8H,4-6H2,1-3H3/q;+1/p-1. The second-order valence-corrected chi connectivity index (χ2v) is 7.17. The van der Waals surface area contributed by atoms with Gasteiger partial charge in [-0.1, -0.05) is 0 Å². The number of nitrogens with zero attached hydrogens (tertiary/aromatic N) is 2. The van der Waals surface area contributed by atoms with Crippen molar-refractivity contribution in [1.82, 2.24) is 4.90 Å². The first kappa shape index (κ1) is 23.0. The molecule has 0 unspecified atom stereocenters. The van der Waals surface area contributed by atoms with E-state index in [0.717, 1.165) is 17.4 Å². The SMILES string of the molecule is C[N+](C)(C)CCCO.O=S(=O)([O-])CCN(CCO)CCO. The van der Waals surface area contributed by atoms with E-state index in [1.807, 2.05) is 0 Å². The van der Waals surface area contributed by atoms with Crippen LogP contribution in [0, 0.1) is 0 Å². The summed E-state index contributed by atoms with van der Waals surface area (Å²) in [5, 5.41) is 25.5.